The Labute approximate surface area is 399 Å². The molecule has 0 bridgehead atoms. The van der Waals surface area contributed by atoms with Gasteiger partial charge in [-0.15, -0.1) is 0 Å². The Morgan fingerprint density at radius 3 is 1.23 bits per heavy atom. The molecule has 0 saturated carbocycles. The zero-order valence-corrected chi connectivity index (χ0v) is 38.8. The van der Waals surface area contributed by atoms with Gasteiger partial charge >= 0.3 is 0 Å². The van der Waals surface area contributed by atoms with Crippen molar-refractivity contribution in [1.29, 1.82) is 0 Å². The molecule has 1 aliphatic carbocycles. The fraction of sp³-hybridized carbons (Fsp3) is 0. The van der Waals surface area contributed by atoms with Crippen LogP contribution in [0.25, 0.3) is 55.0 Å². The van der Waals surface area contributed by atoms with Crippen LogP contribution in [0.1, 0.15) is 0 Å². The van der Waals surface area contributed by atoms with E-state index in [0.29, 0.717) is 0 Å². The molecular weight excluding hydrogens is 849 g/mol. The third-order valence-corrected chi connectivity index (χ3v) is 19.6. The molecule has 2 aromatic heterocycles. The van der Waals surface area contributed by atoms with E-state index in [4.69, 9.17) is 0 Å². The molecule has 0 atom stereocenters. The van der Waals surface area contributed by atoms with Crippen molar-refractivity contribution in [1.82, 2.24) is 9.13 Å². The Hall–Kier alpha value is -8.76. The molecule has 0 unspecified atom stereocenters. The molecule has 0 N–H and O–H groups in total. The van der Waals surface area contributed by atoms with Crippen molar-refractivity contribution < 1.29 is 0 Å². The first-order valence-corrected chi connectivity index (χ1v) is 25.9. The summed E-state index contributed by atoms with van der Waals surface area (Å²) in [6.07, 6.45) is 0. The summed E-state index contributed by atoms with van der Waals surface area (Å²) < 4.78 is 5.03. The van der Waals surface area contributed by atoms with E-state index in [1.165, 1.54) is 106 Å². The Balaban J connectivity index is 1.08. The van der Waals surface area contributed by atoms with Crippen molar-refractivity contribution in [2.24, 2.45) is 0 Å². The maximum atomic E-state index is 2.54. The molecule has 2 nitrogen and oxygen atoms in total. The molecule has 14 rings (SSSR count). The number of hydrogen-bond acceptors (Lipinski definition) is 0. The van der Waals surface area contributed by atoms with Crippen LogP contribution in [0.15, 0.2) is 267 Å². The van der Waals surface area contributed by atoms with E-state index >= 15 is 0 Å². The molecule has 0 spiro atoms. The molecule has 322 valence electrons. The van der Waals surface area contributed by atoms with E-state index in [2.05, 4.69) is 276 Å². The molecule has 13 aromatic rings. The monoisotopic (exact) mass is 892 g/mol. The third kappa shape index (κ3) is 5.84. The highest BCUT2D eigenvalue weighted by molar-refractivity contribution is 7.19. The lowest BCUT2D eigenvalue weighted by molar-refractivity contribution is 1.16. The van der Waals surface area contributed by atoms with Crippen molar-refractivity contribution in [2.75, 3.05) is 0 Å². The maximum Gasteiger partial charge on any atom is 0.179 e. The maximum absolute atomic E-state index is 2.78. The predicted octanol–water partition coefficient (Wildman–Crippen LogP) is 12.7. The van der Waals surface area contributed by atoms with E-state index in [0.717, 1.165) is 11.4 Å². The van der Waals surface area contributed by atoms with E-state index in [9.17, 15) is 0 Å². The summed E-state index contributed by atoms with van der Waals surface area (Å²) in [5, 5.41) is 20.3. The summed E-state index contributed by atoms with van der Waals surface area (Å²) in [5.74, 6) is 0. The van der Waals surface area contributed by atoms with Crippen LogP contribution in [0.3, 0.4) is 0 Å². The van der Waals surface area contributed by atoms with Crippen LogP contribution in [0, 0.1) is 41.7 Å². The Kier molecular flexibility index (Phi) is 8.95. The zero-order chi connectivity index (χ0) is 45.5. The molecule has 69 heavy (non-hydrogen) atoms. The number of para-hydroxylation sites is 2. The Morgan fingerprint density at radius 1 is 0.232 bits per heavy atom. The second-order valence-corrected chi connectivity index (χ2v) is 22.1. The minimum Gasteiger partial charge on any atom is -0.309 e. The fourth-order valence-corrected chi connectivity index (χ4v) is 16.8. The molecule has 11 aromatic carbocycles. The van der Waals surface area contributed by atoms with E-state index in [-0.39, 0.29) is 0 Å². The smallest absolute Gasteiger partial charge is 0.179 e. The van der Waals surface area contributed by atoms with Crippen LogP contribution in [0.4, 0.5) is 0 Å². The van der Waals surface area contributed by atoms with Crippen molar-refractivity contribution >= 4 is 72.4 Å². The standard InChI is InChI=1S/C66H44N2Si/c1-4-22-47(23-5-1)69(48-24-6-2-7-25-48,49-26-8-3-9-27-49)50-28-20-21-45(43-50)67-62-37-18-17-35-57(62)61-44-46(39-42-64(61)67)68-63-38-19-16-34-56(63)60-41-40-59-55-33-13-12-31-53(55)51-29-10-11-30-52(51)54-32-14-15-36-58(54)65(59)66(60)68/h1-44H. The van der Waals surface area contributed by atoms with Gasteiger partial charge in [-0.2, -0.15) is 0 Å². The Bertz CT molecular complexity index is 4500. The molecule has 3 heteroatoms. The van der Waals surface area contributed by atoms with Gasteiger partial charge in [0.25, 0.3) is 0 Å². The lowest BCUT2D eigenvalue weighted by Crippen LogP contribution is -2.74. The second-order valence-electron chi connectivity index (χ2n) is 18.3. The van der Waals surface area contributed by atoms with Crippen LogP contribution in [-0.4, -0.2) is 17.2 Å². The van der Waals surface area contributed by atoms with Crippen molar-refractivity contribution in [3.8, 4) is 11.4 Å². The van der Waals surface area contributed by atoms with E-state index < -0.39 is 8.07 Å². The van der Waals surface area contributed by atoms with Gasteiger partial charge in [-0.1, -0.05) is 224 Å². The lowest BCUT2D eigenvalue weighted by atomic mass is 10.00. The normalized spacial score (nSPS) is 12.1. The summed E-state index contributed by atoms with van der Waals surface area (Å²) in [4.78, 5) is 0. The van der Waals surface area contributed by atoms with Gasteiger partial charge in [-0.05, 0) is 99.7 Å². The van der Waals surface area contributed by atoms with Gasteiger partial charge in [-0.25, -0.2) is 0 Å². The molecule has 0 aliphatic heterocycles. The van der Waals surface area contributed by atoms with Crippen LogP contribution >= 0.6 is 0 Å². The van der Waals surface area contributed by atoms with Gasteiger partial charge in [0, 0.05) is 38.1 Å². The van der Waals surface area contributed by atoms with Gasteiger partial charge in [0.1, 0.15) is 0 Å². The van der Waals surface area contributed by atoms with Crippen molar-refractivity contribution in [3.05, 3.63) is 309 Å². The quantitative estimate of drug-likeness (QED) is 0.116. The lowest BCUT2D eigenvalue weighted by Gasteiger charge is -2.34. The number of rotatable bonds is 6. The number of aromatic nitrogens is 2. The van der Waals surface area contributed by atoms with Crippen LogP contribution in [-0.2, 0) is 0 Å². The predicted molar refractivity (Wildman–Crippen MR) is 289 cm³/mol. The van der Waals surface area contributed by atoms with Gasteiger partial charge in [-0.3, -0.25) is 0 Å². The average molecular weight is 893 g/mol. The molecule has 0 fully saturated rings. The molecule has 1 aliphatic rings. The molecule has 0 radical (unpaired) electrons. The summed E-state index contributed by atoms with van der Waals surface area (Å²) in [7, 11) is -2.78. The van der Waals surface area contributed by atoms with Crippen LogP contribution < -0.4 is 20.7 Å². The highest BCUT2D eigenvalue weighted by Crippen LogP contribution is 2.38. The van der Waals surface area contributed by atoms with Gasteiger partial charge < -0.3 is 9.13 Å². The third-order valence-electron chi connectivity index (χ3n) is 14.8. The van der Waals surface area contributed by atoms with Gasteiger partial charge in [0.15, 0.2) is 8.07 Å². The summed E-state index contributed by atoms with van der Waals surface area (Å²) >= 11 is 0. The first kappa shape index (κ1) is 39.4. The van der Waals surface area contributed by atoms with Crippen molar-refractivity contribution in [3.63, 3.8) is 0 Å². The minimum atomic E-state index is -2.78. The largest absolute Gasteiger partial charge is 0.309 e. The number of fused-ring (bicyclic) bond motifs is 11. The summed E-state index contributed by atoms with van der Waals surface area (Å²) in [6, 6.07) is 99.7. The van der Waals surface area contributed by atoms with Gasteiger partial charge in [0.05, 0.1) is 22.1 Å². The number of benzene rings is 11. The highest BCUT2D eigenvalue weighted by Gasteiger charge is 2.41. The van der Waals surface area contributed by atoms with Crippen LogP contribution in [0.2, 0.25) is 0 Å². The second kappa shape index (κ2) is 15.7. The van der Waals surface area contributed by atoms with Gasteiger partial charge in [0.2, 0.25) is 0 Å². The topological polar surface area (TPSA) is 9.86 Å². The van der Waals surface area contributed by atoms with Crippen molar-refractivity contribution in [2.45, 2.75) is 0 Å². The molecule has 0 saturated heterocycles. The first-order chi connectivity index (χ1) is 34.3. The number of hydrogen-bond donors (Lipinski definition) is 0. The average Bonchev–Trinajstić information content (AvgIpc) is 3.94. The zero-order valence-electron chi connectivity index (χ0n) is 37.8. The van der Waals surface area contributed by atoms with E-state index in [1.54, 1.807) is 0 Å². The molecule has 0 amide bonds. The fourth-order valence-electron chi connectivity index (χ4n) is 12.0. The Morgan fingerprint density at radius 2 is 0.652 bits per heavy atom. The number of nitrogens with zero attached hydrogens (tertiary/aromatic N) is 2. The summed E-state index contributed by atoms with van der Waals surface area (Å²) in [5.41, 5.74) is 7.06. The van der Waals surface area contributed by atoms with Crippen LogP contribution in [0.5, 0.6) is 0 Å². The molecular formula is C66H44N2Si. The van der Waals surface area contributed by atoms with E-state index in [1.807, 2.05) is 0 Å². The summed E-state index contributed by atoms with van der Waals surface area (Å²) in [6.45, 7) is 0. The first-order valence-electron chi connectivity index (χ1n) is 23.9. The molecule has 2 heterocycles. The highest BCUT2D eigenvalue weighted by atomic mass is 28.3. The minimum absolute atomic E-state index is 1.13. The SMILES string of the molecule is c1ccc([Si](c2ccccc2)(c2ccccc2)c2cccc(-n3c4ccccc4c4cc(-n5c6ccccc6c6ccc7c(c65)=c5ccccc5=c5ccccc5=c5ccccc5=7)ccc43)c2)cc1.